The predicted molar refractivity (Wildman–Crippen MR) is 67.0 cm³/mol. The zero-order valence-corrected chi connectivity index (χ0v) is 11.4. The van der Waals surface area contributed by atoms with E-state index in [9.17, 15) is 0 Å². The molecule has 0 spiro atoms. The molecule has 0 aromatic carbocycles. The summed E-state index contributed by atoms with van der Waals surface area (Å²) in [5, 5.41) is 0. The normalized spacial score (nSPS) is 29.5. The molecule has 1 rings (SSSR count). The average molecular weight is 246 g/mol. The van der Waals surface area contributed by atoms with Crippen LogP contribution >= 0.6 is 0 Å². The summed E-state index contributed by atoms with van der Waals surface area (Å²) in [6, 6.07) is 0.327. The van der Waals surface area contributed by atoms with E-state index in [2.05, 4.69) is 11.8 Å². The third kappa shape index (κ3) is 3.63. The summed E-state index contributed by atoms with van der Waals surface area (Å²) in [7, 11) is 5.19. The van der Waals surface area contributed by atoms with E-state index in [-0.39, 0.29) is 12.2 Å². The SMILES string of the molecule is COCC(C)C(CN)N1CC(OC)C(OC)C1. The zero-order valence-electron chi connectivity index (χ0n) is 11.4. The summed E-state index contributed by atoms with van der Waals surface area (Å²) in [6.45, 7) is 5.30. The van der Waals surface area contributed by atoms with E-state index >= 15 is 0 Å². The highest BCUT2D eigenvalue weighted by atomic mass is 16.5. The van der Waals surface area contributed by atoms with Crippen LogP contribution in [0.15, 0.2) is 0 Å². The minimum absolute atomic E-state index is 0.142. The van der Waals surface area contributed by atoms with Crippen LogP contribution in [0.5, 0.6) is 0 Å². The molecule has 5 nitrogen and oxygen atoms in total. The van der Waals surface area contributed by atoms with Gasteiger partial charge in [-0.3, -0.25) is 4.90 Å². The van der Waals surface area contributed by atoms with Crippen LogP contribution in [0.25, 0.3) is 0 Å². The second-order valence-corrected chi connectivity index (χ2v) is 4.74. The molecule has 0 aliphatic carbocycles. The molecule has 2 N–H and O–H groups in total. The first-order chi connectivity index (χ1) is 8.17. The largest absolute Gasteiger partial charge is 0.384 e. The third-order valence-electron chi connectivity index (χ3n) is 3.65. The first kappa shape index (κ1) is 14.9. The smallest absolute Gasteiger partial charge is 0.0971 e. The molecule has 0 aromatic rings. The minimum atomic E-state index is 0.142. The highest BCUT2D eigenvalue weighted by molar-refractivity contribution is 4.91. The van der Waals surface area contributed by atoms with Crippen LogP contribution < -0.4 is 5.73 Å². The predicted octanol–water partition coefficient (Wildman–Crippen LogP) is -0.0582. The minimum Gasteiger partial charge on any atom is -0.384 e. The van der Waals surface area contributed by atoms with Crippen molar-refractivity contribution in [2.45, 2.75) is 25.2 Å². The van der Waals surface area contributed by atoms with Crippen LogP contribution in [-0.4, -0.2) is 70.7 Å². The molecular formula is C12H26N2O3. The Morgan fingerprint density at radius 2 is 1.71 bits per heavy atom. The molecule has 4 atom stereocenters. The summed E-state index contributed by atoms with van der Waals surface area (Å²) >= 11 is 0. The second kappa shape index (κ2) is 7.28. The van der Waals surface area contributed by atoms with Gasteiger partial charge in [-0.05, 0) is 5.92 Å². The van der Waals surface area contributed by atoms with Crippen molar-refractivity contribution >= 4 is 0 Å². The third-order valence-corrected chi connectivity index (χ3v) is 3.65. The van der Waals surface area contributed by atoms with Crippen molar-refractivity contribution in [1.29, 1.82) is 0 Å². The van der Waals surface area contributed by atoms with Crippen molar-refractivity contribution in [3.8, 4) is 0 Å². The van der Waals surface area contributed by atoms with Crippen LogP contribution in [0.2, 0.25) is 0 Å². The number of hydrogen-bond donors (Lipinski definition) is 1. The lowest BCUT2D eigenvalue weighted by molar-refractivity contribution is -0.00461. The Hall–Kier alpha value is -0.200. The maximum absolute atomic E-state index is 5.88. The molecule has 1 saturated heterocycles. The van der Waals surface area contributed by atoms with Gasteiger partial charge >= 0.3 is 0 Å². The van der Waals surface area contributed by atoms with E-state index in [4.69, 9.17) is 19.9 Å². The molecule has 0 amide bonds. The van der Waals surface area contributed by atoms with Crippen molar-refractivity contribution < 1.29 is 14.2 Å². The van der Waals surface area contributed by atoms with Gasteiger partial charge in [0.05, 0.1) is 18.8 Å². The fourth-order valence-electron chi connectivity index (χ4n) is 2.61. The van der Waals surface area contributed by atoms with Crippen molar-refractivity contribution in [3.05, 3.63) is 0 Å². The van der Waals surface area contributed by atoms with Crippen molar-refractivity contribution in [1.82, 2.24) is 4.90 Å². The first-order valence-corrected chi connectivity index (χ1v) is 6.16. The molecule has 1 aliphatic heterocycles. The molecular weight excluding hydrogens is 220 g/mol. The molecule has 4 unspecified atom stereocenters. The van der Waals surface area contributed by atoms with Gasteiger partial charge in [0.25, 0.3) is 0 Å². The Morgan fingerprint density at radius 3 is 2.06 bits per heavy atom. The summed E-state index contributed by atoms with van der Waals surface area (Å²) in [5.41, 5.74) is 5.88. The van der Waals surface area contributed by atoms with Gasteiger partial charge < -0.3 is 19.9 Å². The number of nitrogens with two attached hydrogens (primary N) is 1. The fraction of sp³-hybridized carbons (Fsp3) is 1.00. The maximum Gasteiger partial charge on any atom is 0.0971 e. The standard InChI is InChI=1S/C12H26N2O3/c1-9(8-15-2)10(5-13)14-6-11(16-3)12(7-14)17-4/h9-12H,5-8,13H2,1-4H3. The molecule has 1 aliphatic rings. The number of hydrogen-bond acceptors (Lipinski definition) is 5. The van der Waals surface area contributed by atoms with Gasteiger partial charge in [-0.15, -0.1) is 0 Å². The lowest BCUT2D eigenvalue weighted by Crippen LogP contribution is -2.45. The van der Waals surface area contributed by atoms with Gasteiger partial charge in [-0.2, -0.15) is 0 Å². The summed E-state index contributed by atoms with van der Waals surface area (Å²) in [4.78, 5) is 2.35. The van der Waals surface area contributed by atoms with E-state index in [1.54, 1.807) is 21.3 Å². The highest BCUT2D eigenvalue weighted by Gasteiger charge is 2.37. The van der Waals surface area contributed by atoms with E-state index in [0.29, 0.717) is 18.5 Å². The van der Waals surface area contributed by atoms with Crippen molar-refractivity contribution in [2.75, 3.05) is 47.6 Å². The van der Waals surface area contributed by atoms with Gasteiger partial charge in [-0.1, -0.05) is 6.92 Å². The van der Waals surface area contributed by atoms with E-state index < -0.39 is 0 Å². The molecule has 0 saturated carbocycles. The van der Waals surface area contributed by atoms with Crippen LogP contribution in [0.3, 0.4) is 0 Å². The van der Waals surface area contributed by atoms with Gasteiger partial charge in [0.1, 0.15) is 0 Å². The average Bonchev–Trinajstić information content (AvgIpc) is 2.73. The zero-order chi connectivity index (χ0) is 12.8. The Morgan fingerprint density at radius 1 is 1.18 bits per heavy atom. The number of likely N-dealkylation sites (tertiary alicyclic amines) is 1. The highest BCUT2D eigenvalue weighted by Crippen LogP contribution is 2.21. The van der Waals surface area contributed by atoms with Crippen LogP contribution in [-0.2, 0) is 14.2 Å². The van der Waals surface area contributed by atoms with Crippen LogP contribution in [0.1, 0.15) is 6.92 Å². The molecule has 0 bridgehead atoms. The molecule has 17 heavy (non-hydrogen) atoms. The van der Waals surface area contributed by atoms with Gasteiger partial charge in [-0.25, -0.2) is 0 Å². The molecule has 1 fully saturated rings. The van der Waals surface area contributed by atoms with Crippen molar-refractivity contribution in [2.24, 2.45) is 11.7 Å². The topological polar surface area (TPSA) is 57.0 Å². The van der Waals surface area contributed by atoms with Gasteiger partial charge in [0, 0.05) is 47.0 Å². The quantitative estimate of drug-likeness (QED) is 0.682. The summed E-state index contributed by atoms with van der Waals surface area (Å²) in [5.74, 6) is 0.415. The lowest BCUT2D eigenvalue weighted by atomic mass is 10.0. The monoisotopic (exact) mass is 246 g/mol. The van der Waals surface area contributed by atoms with Gasteiger partial charge in [0.15, 0.2) is 0 Å². The molecule has 0 radical (unpaired) electrons. The first-order valence-electron chi connectivity index (χ1n) is 6.16. The van der Waals surface area contributed by atoms with E-state index in [1.165, 1.54) is 0 Å². The summed E-state index contributed by atoms with van der Waals surface area (Å²) < 4.78 is 16.1. The number of rotatable bonds is 7. The Bertz CT molecular complexity index is 204. The number of methoxy groups -OCH3 is 3. The van der Waals surface area contributed by atoms with Gasteiger partial charge in [0.2, 0.25) is 0 Å². The van der Waals surface area contributed by atoms with Crippen LogP contribution in [0, 0.1) is 5.92 Å². The molecule has 1 heterocycles. The van der Waals surface area contributed by atoms with E-state index in [0.717, 1.165) is 19.7 Å². The Labute approximate surface area is 104 Å². The van der Waals surface area contributed by atoms with Crippen molar-refractivity contribution in [3.63, 3.8) is 0 Å². The number of nitrogens with zero attached hydrogens (tertiary/aromatic N) is 1. The molecule has 0 aromatic heterocycles. The molecule has 102 valence electrons. The van der Waals surface area contributed by atoms with Crippen LogP contribution in [0.4, 0.5) is 0 Å². The lowest BCUT2D eigenvalue weighted by Gasteiger charge is -2.31. The Kier molecular flexibility index (Phi) is 6.37. The fourth-order valence-corrected chi connectivity index (χ4v) is 2.61. The summed E-state index contributed by atoms with van der Waals surface area (Å²) in [6.07, 6.45) is 0.285. The maximum atomic E-state index is 5.88. The second-order valence-electron chi connectivity index (χ2n) is 4.74. The molecule has 5 heteroatoms. The number of ether oxygens (including phenoxy) is 3. The van der Waals surface area contributed by atoms with E-state index in [1.807, 2.05) is 0 Å². The Balaban J connectivity index is 2.59.